The number of nitrogens with zero attached hydrogens (tertiary/aromatic N) is 4. The Balaban J connectivity index is 1.41. The molecule has 1 aromatic heterocycles. The van der Waals surface area contributed by atoms with E-state index in [1.54, 1.807) is 56.0 Å². The normalized spacial score (nSPS) is 21.6. The van der Waals surface area contributed by atoms with Crippen LogP contribution >= 0.6 is 23.2 Å². The molecule has 3 aromatic rings. The summed E-state index contributed by atoms with van der Waals surface area (Å²) in [5.74, 6) is 0.454. The van der Waals surface area contributed by atoms with Crippen molar-refractivity contribution in [2.75, 3.05) is 54.1 Å². The Morgan fingerprint density at radius 1 is 1.02 bits per heavy atom. The lowest BCUT2D eigenvalue weighted by Gasteiger charge is -2.37. The zero-order chi connectivity index (χ0) is 30.8. The Kier molecular flexibility index (Phi) is 9.58. The summed E-state index contributed by atoms with van der Waals surface area (Å²) in [5, 5.41) is 1.21. The average Bonchev–Trinajstić information content (AvgIpc) is 3.35. The molecule has 0 aliphatic carbocycles. The fourth-order valence-electron chi connectivity index (χ4n) is 5.39. The van der Waals surface area contributed by atoms with Gasteiger partial charge in [0.15, 0.2) is 6.29 Å². The van der Waals surface area contributed by atoms with Gasteiger partial charge in [-0.1, -0.05) is 35.3 Å². The molecule has 2 aliphatic heterocycles. The number of hydrogen-bond donors (Lipinski definition) is 0. The number of imide groups is 1. The second-order valence-corrected chi connectivity index (χ2v) is 12.4. The molecule has 2 unspecified atom stereocenters. The topological polar surface area (TPSA) is 88.9 Å². The van der Waals surface area contributed by atoms with Crippen LogP contribution in [0.4, 0.5) is 10.6 Å². The number of imidazole rings is 1. The molecule has 43 heavy (non-hydrogen) atoms. The van der Waals surface area contributed by atoms with E-state index in [0.717, 1.165) is 30.4 Å². The molecular weight excluding hydrogens is 595 g/mol. The molecule has 3 heterocycles. The van der Waals surface area contributed by atoms with E-state index in [1.165, 1.54) is 0 Å². The van der Waals surface area contributed by atoms with Gasteiger partial charge < -0.3 is 18.9 Å². The van der Waals surface area contributed by atoms with Gasteiger partial charge in [-0.15, -0.1) is 9.47 Å². The van der Waals surface area contributed by atoms with E-state index in [4.69, 9.17) is 47.1 Å². The van der Waals surface area contributed by atoms with Gasteiger partial charge >= 0.3 is 17.9 Å². The highest BCUT2D eigenvalue weighted by Gasteiger charge is 2.61. The number of likely N-dealkylation sites (N-methyl/N-ethyl adjacent to an activating group) is 1. The van der Waals surface area contributed by atoms with Crippen molar-refractivity contribution >= 4 is 41.0 Å². The maximum atomic E-state index is 14.3. The lowest BCUT2D eigenvalue weighted by Crippen LogP contribution is -2.69. The summed E-state index contributed by atoms with van der Waals surface area (Å²) >= 11 is 12.4. The van der Waals surface area contributed by atoms with Crippen molar-refractivity contribution in [3.63, 3.8) is 0 Å². The first-order valence-corrected chi connectivity index (χ1v) is 15.2. The van der Waals surface area contributed by atoms with Gasteiger partial charge in [-0.25, -0.2) is 4.79 Å². The van der Waals surface area contributed by atoms with Crippen LogP contribution in [0.1, 0.15) is 40.9 Å². The third-order valence-corrected chi connectivity index (χ3v) is 8.62. The number of aryl methyl sites for hydroxylation is 1. The van der Waals surface area contributed by atoms with Crippen molar-refractivity contribution in [3.05, 3.63) is 69.3 Å². The first-order valence-electron chi connectivity index (χ1n) is 14.4. The summed E-state index contributed by atoms with van der Waals surface area (Å²) < 4.78 is 24.4. The molecule has 0 bridgehead atoms. The summed E-state index contributed by atoms with van der Waals surface area (Å²) in [6.07, 6.45) is 2.82. The maximum Gasteiger partial charge on any atom is 0.528 e. The average molecular weight is 634 g/mol. The quantitative estimate of drug-likeness (QED) is 0.184. The van der Waals surface area contributed by atoms with Crippen LogP contribution in [0.5, 0.6) is 11.8 Å². The molecule has 230 valence electrons. The van der Waals surface area contributed by atoms with Gasteiger partial charge in [0.2, 0.25) is 5.69 Å². The van der Waals surface area contributed by atoms with Crippen LogP contribution in [0.2, 0.25) is 10.0 Å². The van der Waals surface area contributed by atoms with Gasteiger partial charge in [-0.3, -0.25) is 4.57 Å². The Morgan fingerprint density at radius 3 is 2.49 bits per heavy atom. The molecule has 1 fully saturated rings. The summed E-state index contributed by atoms with van der Waals surface area (Å²) in [5.41, 5.74) is 2.03. The molecule has 12 heteroatoms. The Bertz CT molecular complexity index is 1490. The number of carbonyl (C=O) groups is 2. The third-order valence-electron chi connectivity index (χ3n) is 7.94. The highest BCUT2D eigenvalue weighted by molar-refractivity contribution is 6.31. The summed E-state index contributed by atoms with van der Waals surface area (Å²) in [6, 6.07) is 12.5. The summed E-state index contributed by atoms with van der Waals surface area (Å²) in [7, 11) is 5.10. The number of amides is 3. The van der Waals surface area contributed by atoms with Gasteiger partial charge in [0, 0.05) is 16.7 Å². The minimum atomic E-state index is -0.488. The zero-order valence-corrected chi connectivity index (χ0v) is 26.5. The first kappa shape index (κ1) is 31.6. The number of urea groups is 1. The van der Waals surface area contributed by atoms with Gasteiger partial charge in [0.1, 0.15) is 12.3 Å². The van der Waals surface area contributed by atoms with E-state index < -0.39 is 4.48 Å². The monoisotopic (exact) mass is 632 g/mol. The summed E-state index contributed by atoms with van der Waals surface area (Å²) in [6.45, 7) is 3.91. The Labute approximate surface area is 261 Å². The molecule has 0 saturated carbocycles. The standard InChI is InChI=1S/C31H38Cl2N4O6/c1-21-19-24(12-13-25(21)33)43-30-34-28-27(35(30)20-22-8-10-23(32)11-9-22)29(38)37(4,31(39)36(28,2)3)14-16-40-17-18-42-26-7-5-6-15-41-26/h8-13,19,26H,5-7,14-18,20H2,1-4H3/q+2. The van der Waals surface area contributed by atoms with Crippen molar-refractivity contribution in [1.82, 2.24) is 14.0 Å². The molecule has 0 spiro atoms. The SMILES string of the molecule is Cc1cc(Oc2nc3c(n2Cc2ccc(Cl)cc2)C(=O)[N+](C)(CCOCCOC2CCCCO2)C(=O)[N+]3(C)C)ccc1Cl. The molecule has 2 aliphatic rings. The molecule has 2 atom stereocenters. The van der Waals surface area contributed by atoms with Crippen LogP contribution in [-0.4, -0.2) is 86.4 Å². The zero-order valence-electron chi connectivity index (χ0n) is 25.0. The first-order chi connectivity index (χ1) is 20.5. The molecule has 2 aromatic carbocycles. The Morgan fingerprint density at radius 2 is 1.79 bits per heavy atom. The minimum absolute atomic E-state index is 0.150. The number of carbonyl (C=O) groups excluding carboxylic acids is 2. The number of quaternary nitrogens is 2. The van der Waals surface area contributed by atoms with E-state index in [1.807, 2.05) is 19.1 Å². The molecule has 0 N–H and O–H groups in total. The lowest BCUT2D eigenvalue weighted by atomic mass is 10.2. The van der Waals surface area contributed by atoms with E-state index in [0.29, 0.717) is 47.1 Å². The van der Waals surface area contributed by atoms with Crippen molar-refractivity contribution in [1.29, 1.82) is 0 Å². The predicted octanol–water partition coefficient (Wildman–Crippen LogP) is 6.19. The predicted molar refractivity (Wildman–Crippen MR) is 164 cm³/mol. The van der Waals surface area contributed by atoms with Crippen molar-refractivity contribution in [2.24, 2.45) is 0 Å². The largest absolute Gasteiger partial charge is 0.528 e. The number of rotatable bonds is 11. The highest BCUT2D eigenvalue weighted by Crippen LogP contribution is 2.39. The molecule has 5 rings (SSSR count). The van der Waals surface area contributed by atoms with Crippen LogP contribution in [0.3, 0.4) is 0 Å². The minimum Gasteiger partial charge on any atom is -0.425 e. The van der Waals surface area contributed by atoms with Crippen LogP contribution in [0.15, 0.2) is 42.5 Å². The number of hydrogen-bond acceptors (Lipinski definition) is 7. The maximum absolute atomic E-state index is 14.3. The molecule has 0 radical (unpaired) electrons. The van der Waals surface area contributed by atoms with Crippen molar-refractivity contribution < 1.29 is 33.0 Å². The molecule has 3 amide bonds. The van der Waals surface area contributed by atoms with Crippen molar-refractivity contribution in [2.45, 2.75) is 39.0 Å². The second kappa shape index (κ2) is 13.0. The van der Waals surface area contributed by atoms with Crippen LogP contribution in [0, 0.1) is 6.92 Å². The van der Waals surface area contributed by atoms with Crippen LogP contribution in [0.25, 0.3) is 0 Å². The van der Waals surface area contributed by atoms with Crippen molar-refractivity contribution in [3.8, 4) is 11.8 Å². The van der Waals surface area contributed by atoms with E-state index in [9.17, 15) is 9.59 Å². The van der Waals surface area contributed by atoms with Gasteiger partial charge in [0.05, 0.1) is 47.5 Å². The number of ether oxygens (including phenoxy) is 4. The smallest absolute Gasteiger partial charge is 0.425 e. The number of halogens is 2. The third kappa shape index (κ3) is 6.66. The molecular formula is C31H38Cl2N4O6+2. The number of fused-ring (bicyclic) bond motifs is 1. The van der Waals surface area contributed by atoms with Gasteiger partial charge in [0.25, 0.3) is 5.82 Å². The fourth-order valence-corrected chi connectivity index (χ4v) is 5.64. The highest BCUT2D eigenvalue weighted by atomic mass is 35.5. The fraction of sp³-hybridized carbons (Fsp3) is 0.452. The Hall–Kier alpha value is -2.83. The van der Waals surface area contributed by atoms with E-state index in [2.05, 4.69) is 0 Å². The molecule has 10 nitrogen and oxygen atoms in total. The van der Waals surface area contributed by atoms with E-state index >= 15 is 0 Å². The summed E-state index contributed by atoms with van der Waals surface area (Å²) in [4.78, 5) is 33.0. The van der Waals surface area contributed by atoms with E-state index in [-0.39, 0.29) is 48.4 Å². The van der Waals surface area contributed by atoms with Gasteiger partial charge in [-0.05, 0) is 67.6 Å². The lowest BCUT2D eigenvalue weighted by molar-refractivity contribution is -0.750. The number of benzene rings is 2. The van der Waals surface area contributed by atoms with Gasteiger partial charge in [-0.2, -0.15) is 9.28 Å². The van der Waals surface area contributed by atoms with Crippen LogP contribution in [-0.2, 0) is 20.8 Å². The second-order valence-electron chi connectivity index (χ2n) is 11.5. The number of aromatic nitrogens is 2. The molecule has 1 saturated heterocycles. The van der Waals surface area contributed by atoms with Crippen LogP contribution < -0.4 is 9.22 Å².